The molecule has 6 nitrogen and oxygen atoms in total. The van der Waals surface area contributed by atoms with Crippen LogP contribution in [-0.2, 0) is 6.42 Å². The van der Waals surface area contributed by atoms with Gasteiger partial charge in [0.1, 0.15) is 0 Å². The summed E-state index contributed by atoms with van der Waals surface area (Å²) in [6.07, 6.45) is 0.638. The average molecular weight is 351 g/mol. The molecule has 1 aliphatic heterocycles. The van der Waals surface area contributed by atoms with Crippen LogP contribution in [0.4, 0.5) is 0 Å². The van der Waals surface area contributed by atoms with Crippen LogP contribution in [0.1, 0.15) is 36.6 Å². The van der Waals surface area contributed by atoms with Crippen LogP contribution in [0.25, 0.3) is 0 Å². The molecule has 0 aliphatic carbocycles. The summed E-state index contributed by atoms with van der Waals surface area (Å²) in [7, 11) is 3.83. The summed E-state index contributed by atoms with van der Waals surface area (Å²) in [4.78, 5) is 39.6. The fraction of sp³-hybridized carbons (Fsp3) is 0.250. The number of amides is 3. The van der Waals surface area contributed by atoms with Gasteiger partial charge in [-0.05, 0) is 50.3 Å². The molecule has 0 saturated heterocycles. The minimum absolute atomic E-state index is 0.0448. The smallest absolute Gasteiger partial charge is 0.261 e. The normalized spacial score (nSPS) is 14.7. The molecular formula is C20H21N3O3. The molecule has 2 aromatic carbocycles. The predicted molar refractivity (Wildman–Crippen MR) is 97.9 cm³/mol. The Bertz CT molecular complexity index is 824. The van der Waals surface area contributed by atoms with Crippen molar-refractivity contribution in [1.82, 2.24) is 9.80 Å². The van der Waals surface area contributed by atoms with Gasteiger partial charge in [-0.1, -0.05) is 24.3 Å². The predicted octanol–water partition coefficient (Wildman–Crippen LogP) is 1.55. The maximum Gasteiger partial charge on any atom is 0.261 e. The van der Waals surface area contributed by atoms with Crippen LogP contribution in [0.2, 0.25) is 0 Å². The van der Waals surface area contributed by atoms with Crippen molar-refractivity contribution >= 4 is 17.7 Å². The lowest BCUT2D eigenvalue weighted by molar-refractivity contribution is 0.0611. The van der Waals surface area contributed by atoms with Crippen molar-refractivity contribution in [2.45, 2.75) is 12.5 Å². The third kappa shape index (κ3) is 3.36. The minimum atomic E-state index is -0.466. The number of rotatable bonds is 6. The van der Waals surface area contributed by atoms with Crippen molar-refractivity contribution in [2.24, 2.45) is 5.73 Å². The largest absolute Gasteiger partial charge is 0.366 e. The van der Waals surface area contributed by atoms with E-state index in [9.17, 15) is 14.4 Å². The van der Waals surface area contributed by atoms with E-state index in [1.165, 1.54) is 4.90 Å². The summed E-state index contributed by atoms with van der Waals surface area (Å²) >= 11 is 0. The van der Waals surface area contributed by atoms with E-state index >= 15 is 0 Å². The zero-order chi connectivity index (χ0) is 18.8. The van der Waals surface area contributed by atoms with Gasteiger partial charge in [-0.25, -0.2) is 0 Å². The molecule has 3 amide bonds. The highest BCUT2D eigenvalue weighted by molar-refractivity contribution is 6.21. The number of carbonyl (C=O) groups is 3. The van der Waals surface area contributed by atoms with Gasteiger partial charge in [0.2, 0.25) is 5.91 Å². The van der Waals surface area contributed by atoms with Gasteiger partial charge in [0.15, 0.2) is 0 Å². The van der Waals surface area contributed by atoms with E-state index in [4.69, 9.17) is 5.73 Å². The van der Waals surface area contributed by atoms with Gasteiger partial charge < -0.3 is 10.6 Å². The molecule has 2 N–H and O–H groups in total. The lowest BCUT2D eigenvalue weighted by atomic mass is 10.0. The van der Waals surface area contributed by atoms with Crippen LogP contribution in [-0.4, -0.2) is 54.2 Å². The first-order chi connectivity index (χ1) is 12.4. The number of benzene rings is 2. The SMILES string of the molecule is CN(C)C(Cc1ccc(C(N)=O)cc1)CN1C(=O)c2ccccc2C1=O. The molecule has 0 aromatic heterocycles. The Morgan fingerprint density at radius 3 is 2.00 bits per heavy atom. The Kier molecular flexibility index (Phi) is 4.86. The highest BCUT2D eigenvalue weighted by Gasteiger charge is 2.36. The number of hydrogen-bond donors (Lipinski definition) is 1. The standard InChI is InChI=1S/C20H21N3O3/c1-22(2)15(11-13-7-9-14(10-8-13)18(21)24)12-23-19(25)16-5-3-4-6-17(16)20(23)26/h3-10,15H,11-12H2,1-2H3,(H2,21,24). The van der Waals surface area contributed by atoms with Crippen LogP contribution in [0.5, 0.6) is 0 Å². The van der Waals surface area contributed by atoms with Crippen molar-refractivity contribution in [3.05, 3.63) is 70.8 Å². The Balaban J connectivity index is 1.76. The summed E-state index contributed by atoms with van der Waals surface area (Å²) in [6, 6.07) is 13.9. The molecular weight excluding hydrogens is 330 g/mol. The summed E-state index contributed by atoms with van der Waals surface area (Å²) < 4.78 is 0. The highest BCUT2D eigenvalue weighted by atomic mass is 16.2. The number of nitrogens with zero attached hydrogens (tertiary/aromatic N) is 2. The summed E-state index contributed by atoms with van der Waals surface area (Å²) in [5.74, 6) is -0.963. The van der Waals surface area contributed by atoms with E-state index in [0.717, 1.165) is 5.56 Å². The quantitative estimate of drug-likeness (QED) is 0.801. The molecule has 6 heteroatoms. The molecule has 0 bridgehead atoms. The first-order valence-electron chi connectivity index (χ1n) is 8.39. The van der Waals surface area contributed by atoms with Crippen LogP contribution in [0.15, 0.2) is 48.5 Å². The zero-order valence-corrected chi connectivity index (χ0v) is 14.8. The lowest BCUT2D eigenvalue weighted by Crippen LogP contribution is -2.44. The number of hydrogen-bond acceptors (Lipinski definition) is 4. The monoisotopic (exact) mass is 351 g/mol. The molecule has 134 valence electrons. The van der Waals surface area contributed by atoms with Gasteiger partial charge in [-0.3, -0.25) is 19.3 Å². The molecule has 0 spiro atoms. The van der Waals surface area contributed by atoms with E-state index in [0.29, 0.717) is 29.7 Å². The number of likely N-dealkylation sites (N-methyl/N-ethyl adjacent to an activating group) is 1. The van der Waals surface area contributed by atoms with Crippen LogP contribution in [0, 0.1) is 0 Å². The van der Waals surface area contributed by atoms with Gasteiger partial charge in [0.05, 0.1) is 11.1 Å². The average Bonchev–Trinajstić information content (AvgIpc) is 2.86. The molecule has 0 fully saturated rings. The third-order valence-electron chi connectivity index (χ3n) is 4.71. The topological polar surface area (TPSA) is 83.7 Å². The molecule has 2 aromatic rings. The molecule has 1 atom stereocenters. The molecule has 1 unspecified atom stereocenters. The van der Waals surface area contributed by atoms with Crippen LogP contribution >= 0.6 is 0 Å². The van der Waals surface area contributed by atoms with Crippen LogP contribution in [0.3, 0.4) is 0 Å². The first kappa shape index (κ1) is 17.8. The second kappa shape index (κ2) is 7.09. The van der Waals surface area contributed by atoms with E-state index in [1.807, 2.05) is 31.1 Å². The number of nitrogens with two attached hydrogens (primary N) is 1. The molecule has 3 rings (SSSR count). The Morgan fingerprint density at radius 1 is 1.00 bits per heavy atom. The molecule has 26 heavy (non-hydrogen) atoms. The number of carbonyl (C=O) groups excluding carboxylic acids is 3. The zero-order valence-electron chi connectivity index (χ0n) is 14.8. The summed E-state index contributed by atoms with van der Waals surface area (Å²) in [5, 5.41) is 0. The highest BCUT2D eigenvalue weighted by Crippen LogP contribution is 2.23. The molecule has 0 saturated carbocycles. The van der Waals surface area contributed by atoms with E-state index in [-0.39, 0.29) is 17.9 Å². The van der Waals surface area contributed by atoms with Crippen molar-refractivity contribution in [1.29, 1.82) is 0 Å². The Labute approximate surface area is 152 Å². The molecule has 0 radical (unpaired) electrons. The second-order valence-corrected chi connectivity index (χ2v) is 6.65. The lowest BCUT2D eigenvalue weighted by Gasteiger charge is -2.28. The van der Waals surface area contributed by atoms with Gasteiger partial charge in [0, 0.05) is 18.2 Å². The van der Waals surface area contributed by atoms with E-state index in [1.54, 1.807) is 36.4 Å². The van der Waals surface area contributed by atoms with Crippen molar-refractivity contribution in [3.63, 3.8) is 0 Å². The van der Waals surface area contributed by atoms with Gasteiger partial charge in [-0.2, -0.15) is 0 Å². The maximum atomic E-state index is 12.6. The van der Waals surface area contributed by atoms with Crippen molar-refractivity contribution < 1.29 is 14.4 Å². The van der Waals surface area contributed by atoms with Crippen molar-refractivity contribution in [3.8, 4) is 0 Å². The summed E-state index contributed by atoms with van der Waals surface area (Å²) in [6.45, 7) is 0.302. The van der Waals surface area contributed by atoms with E-state index < -0.39 is 5.91 Å². The Morgan fingerprint density at radius 2 is 1.54 bits per heavy atom. The summed E-state index contributed by atoms with van der Waals surface area (Å²) in [5.41, 5.74) is 7.64. The fourth-order valence-corrected chi connectivity index (χ4v) is 3.10. The Hall–Kier alpha value is -2.99. The van der Waals surface area contributed by atoms with E-state index in [2.05, 4.69) is 0 Å². The third-order valence-corrected chi connectivity index (χ3v) is 4.71. The molecule has 1 heterocycles. The number of primary amides is 1. The fourth-order valence-electron chi connectivity index (χ4n) is 3.10. The first-order valence-corrected chi connectivity index (χ1v) is 8.39. The van der Waals surface area contributed by atoms with Gasteiger partial charge in [-0.15, -0.1) is 0 Å². The second-order valence-electron chi connectivity index (χ2n) is 6.65. The van der Waals surface area contributed by atoms with Crippen molar-refractivity contribution in [2.75, 3.05) is 20.6 Å². The number of fused-ring (bicyclic) bond motifs is 1. The van der Waals surface area contributed by atoms with Gasteiger partial charge in [0.25, 0.3) is 11.8 Å². The minimum Gasteiger partial charge on any atom is -0.366 e. The van der Waals surface area contributed by atoms with Crippen LogP contribution < -0.4 is 5.73 Å². The number of imide groups is 1. The molecule has 1 aliphatic rings. The van der Waals surface area contributed by atoms with Gasteiger partial charge >= 0.3 is 0 Å². The maximum absolute atomic E-state index is 12.6.